The molecule has 0 rings (SSSR count). The predicted octanol–water partition coefficient (Wildman–Crippen LogP) is 0.290. The Morgan fingerprint density at radius 1 is 1.73 bits per heavy atom. The third kappa shape index (κ3) is 5.43. The van der Waals surface area contributed by atoms with Crippen LogP contribution in [0.1, 0.15) is 20.3 Å². The monoisotopic (exact) mass is 155 g/mol. The Hall–Kier alpha value is -1.01. The largest absolute Gasteiger partial charge is 0.370 e. The molecule has 0 saturated heterocycles. The van der Waals surface area contributed by atoms with E-state index in [0.29, 0.717) is 0 Å². The van der Waals surface area contributed by atoms with Crippen LogP contribution in [-0.4, -0.2) is 18.1 Å². The van der Waals surface area contributed by atoms with Gasteiger partial charge in [0, 0.05) is 6.42 Å². The molecule has 0 heterocycles. The fraction of sp³-hybridized carbons (Fsp3) is 0.625. The molecular formula is C8H13NO2. The second kappa shape index (κ2) is 3.99. The minimum absolute atomic E-state index is 0.213. The standard InChI is InChI=1S/C8H13NO2/c1-4-8(2,3)11-6-5-7(9)10/h1H,5-6H2,2-3H3,(H2,9,10). The molecule has 0 fully saturated rings. The Kier molecular flexibility index (Phi) is 3.63. The van der Waals surface area contributed by atoms with Gasteiger partial charge in [-0.25, -0.2) is 0 Å². The molecule has 0 aromatic heterocycles. The van der Waals surface area contributed by atoms with E-state index in [-0.39, 0.29) is 18.9 Å². The number of primary amides is 1. The van der Waals surface area contributed by atoms with E-state index < -0.39 is 5.60 Å². The van der Waals surface area contributed by atoms with Gasteiger partial charge in [0.1, 0.15) is 5.60 Å². The van der Waals surface area contributed by atoms with Gasteiger partial charge in [-0.05, 0) is 13.8 Å². The smallest absolute Gasteiger partial charge is 0.219 e. The average Bonchev–Trinajstić information content (AvgIpc) is 1.87. The van der Waals surface area contributed by atoms with Crippen molar-refractivity contribution in [3.8, 4) is 12.3 Å². The van der Waals surface area contributed by atoms with E-state index in [2.05, 4.69) is 5.92 Å². The molecule has 0 aromatic carbocycles. The van der Waals surface area contributed by atoms with Crippen molar-refractivity contribution >= 4 is 5.91 Å². The van der Waals surface area contributed by atoms with Crippen molar-refractivity contribution in [2.45, 2.75) is 25.9 Å². The van der Waals surface area contributed by atoms with Gasteiger partial charge >= 0.3 is 0 Å². The molecule has 62 valence electrons. The molecule has 3 heteroatoms. The SMILES string of the molecule is C#CC(C)(C)OCCC(N)=O. The van der Waals surface area contributed by atoms with Crippen LogP contribution >= 0.6 is 0 Å². The van der Waals surface area contributed by atoms with Crippen LogP contribution in [0.25, 0.3) is 0 Å². The number of rotatable bonds is 4. The second-order valence-corrected chi connectivity index (χ2v) is 2.72. The van der Waals surface area contributed by atoms with Crippen LogP contribution in [0.5, 0.6) is 0 Å². The molecule has 0 unspecified atom stereocenters. The van der Waals surface area contributed by atoms with Gasteiger partial charge in [0.05, 0.1) is 6.61 Å². The molecule has 11 heavy (non-hydrogen) atoms. The lowest BCUT2D eigenvalue weighted by Gasteiger charge is -2.17. The van der Waals surface area contributed by atoms with Gasteiger partial charge in [-0.15, -0.1) is 6.42 Å². The molecule has 0 aliphatic heterocycles. The molecule has 0 atom stereocenters. The highest BCUT2D eigenvalue weighted by Gasteiger charge is 2.13. The Balaban J connectivity index is 3.56. The molecular weight excluding hydrogens is 142 g/mol. The number of terminal acetylenes is 1. The summed E-state index contributed by atoms with van der Waals surface area (Å²) >= 11 is 0. The number of hydrogen-bond acceptors (Lipinski definition) is 2. The Bertz CT molecular complexity index is 179. The van der Waals surface area contributed by atoms with Crippen molar-refractivity contribution < 1.29 is 9.53 Å². The number of nitrogens with two attached hydrogens (primary N) is 1. The Morgan fingerprint density at radius 3 is 2.64 bits per heavy atom. The van der Waals surface area contributed by atoms with Crippen molar-refractivity contribution in [2.75, 3.05) is 6.61 Å². The summed E-state index contributed by atoms with van der Waals surface area (Å²) in [5.74, 6) is 2.06. The van der Waals surface area contributed by atoms with Gasteiger partial charge in [0.15, 0.2) is 0 Å². The molecule has 0 aliphatic carbocycles. The van der Waals surface area contributed by atoms with Gasteiger partial charge in [-0.2, -0.15) is 0 Å². The van der Waals surface area contributed by atoms with E-state index in [9.17, 15) is 4.79 Å². The second-order valence-electron chi connectivity index (χ2n) is 2.72. The van der Waals surface area contributed by atoms with Gasteiger partial charge in [0.2, 0.25) is 5.91 Å². The maximum absolute atomic E-state index is 10.3. The van der Waals surface area contributed by atoms with Gasteiger partial charge in [0.25, 0.3) is 0 Å². The molecule has 0 aliphatic rings. The van der Waals surface area contributed by atoms with Crippen molar-refractivity contribution in [1.29, 1.82) is 0 Å². The highest BCUT2D eigenvalue weighted by atomic mass is 16.5. The van der Waals surface area contributed by atoms with Crippen LogP contribution in [-0.2, 0) is 9.53 Å². The average molecular weight is 155 g/mol. The summed E-state index contributed by atoms with van der Waals surface area (Å²) in [5, 5.41) is 0. The fourth-order valence-corrected chi connectivity index (χ4v) is 0.448. The minimum Gasteiger partial charge on any atom is -0.370 e. The highest BCUT2D eigenvalue weighted by molar-refractivity contribution is 5.73. The van der Waals surface area contributed by atoms with Crippen molar-refractivity contribution in [1.82, 2.24) is 0 Å². The lowest BCUT2D eigenvalue weighted by Crippen LogP contribution is -2.24. The first-order valence-electron chi connectivity index (χ1n) is 3.38. The minimum atomic E-state index is -0.602. The van der Waals surface area contributed by atoms with E-state index in [1.807, 2.05) is 0 Å². The van der Waals surface area contributed by atoms with Crippen LogP contribution in [0.4, 0.5) is 0 Å². The predicted molar refractivity (Wildman–Crippen MR) is 42.7 cm³/mol. The molecule has 3 nitrogen and oxygen atoms in total. The van der Waals surface area contributed by atoms with E-state index >= 15 is 0 Å². The number of ether oxygens (including phenoxy) is 1. The van der Waals surface area contributed by atoms with Crippen LogP contribution in [0.15, 0.2) is 0 Å². The number of carbonyl (C=O) groups is 1. The summed E-state index contributed by atoms with van der Waals surface area (Å²) in [6.45, 7) is 3.80. The van der Waals surface area contributed by atoms with E-state index in [4.69, 9.17) is 16.9 Å². The number of amides is 1. The number of hydrogen-bond donors (Lipinski definition) is 1. The summed E-state index contributed by atoms with van der Waals surface area (Å²) in [6, 6.07) is 0. The van der Waals surface area contributed by atoms with Crippen molar-refractivity contribution in [3.63, 3.8) is 0 Å². The molecule has 0 aromatic rings. The first-order chi connectivity index (χ1) is 4.98. The number of carbonyl (C=O) groups excluding carboxylic acids is 1. The van der Waals surface area contributed by atoms with Crippen LogP contribution in [0.3, 0.4) is 0 Å². The normalized spacial score (nSPS) is 10.6. The molecule has 0 spiro atoms. The maximum atomic E-state index is 10.3. The van der Waals surface area contributed by atoms with Crippen LogP contribution in [0, 0.1) is 12.3 Å². The molecule has 1 amide bonds. The summed E-state index contributed by atoms with van der Waals surface area (Å²) in [6.07, 6.45) is 5.35. The Labute approximate surface area is 66.9 Å². The summed E-state index contributed by atoms with van der Waals surface area (Å²) in [7, 11) is 0. The summed E-state index contributed by atoms with van der Waals surface area (Å²) in [4.78, 5) is 10.3. The van der Waals surface area contributed by atoms with E-state index in [1.165, 1.54) is 0 Å². The van der Waals surface area contributed by atoms with Crippen LogP contribution in [0.2, 0.25) is 0 Å². The first kappa shape index (κ1) is 9.99. The topological polar surface area (TPSA) is 52.3 Å². The Morgan fingerprint density at radius 2 is 2.27 bits per heavy atom. The first-order valence-corrected chi connectivity index (χ1v) is 3.38. The summed E-state index contributed by atoms with van der Waals surface area (Å²) in [5.41, 5.74) is 4.29. The van der Waals surface area contributed by atoms with Gasteiger partial charge in [-0.1, -0.05) is 5.92 Å². The van der Waals surface area contributed by atoms with Gasteiger partial charge in [-0.3, -0.25) is 4.79 Å². The zero-order chi connectivity index (χ0) is 8.91. The lowest BCUT2D eigenvalue weighted by atomic mass is 10.1. The lowest BCUT2D eigenvalue weighted by molar-refractivity contribution is -0.119. The zero-order valence-corrected chi connectivity index (χ0v) is 6.89. The third-order valence-corrected chi connectivity index (χ3v) is 1.16. The molecule has 0 saturated carbocycles. The molecule has 0 radical (unpaired) electrons. The molecule has 0 bridgehead atoms. The highest BCUT2D eigenvalue weighted by Crippen LogP contribution is 2.06. The van der Waals surface area contributed by atoms with Crippen molar-refractivity contribution in [3.05, 3.63) is 0 Å². The van der Waals surface area contributed by atoms with Gasteiger partial charge < -0.3 is 10.5 Å². The van der Waals surface area contributed by atoms with E-state index in [1.54, 1.807) is 13.8 Å². The van der Waals surface area contributed by atoms with E-state index in [0.717, 1.165) is 0 Å². The van der Waals surface area contributed by atoms with Crippen molar-refractivity contribution in [2.24, 2.45) is 5.73 Å². The van der Waals surface area contributed by atoms with Crippen LogP contribution < -0.4 is 5.73 Å². The quantitative estimate of drug-likeness (QED) is 0.593. The molecule has 2 N–H and O–H groups in total. The maximum Gasteiger partial charge on any atom is 0.219 e. The fourth-order valence-electron chi connectivity index (χ4n) is 0.448. The third-order valence-electron chi connectivity index (χ3n) is 1.16. The summed E-state index contributed by atoms with van der Waals surface area (Å²) < 4.78 is 5.15. The zero-order valence-electron chi connectivity index (χ0n) is 6.89.